The first kappa shape index (κ1) is 12.0. The molecule has 5 heteroatoms. The molecule has 15 heavy (non-hydrogen) atoms. The highest BCUT2D eigenvalue weighted by molar-refractivity contribution is 5.22. The molecule has 3 nitrogen and oxygen atoms in total. The Hall–Kier alpha value is -1.07. The zero-order valence-corrected chi connectivity index (χ0v) is 8.63. The van der Waals surface area contributed by atoms with Crippen LogP contribution >= 0.6 is 0 Å². The molecule has 1 unspecified atom stereocenters. The third-order valence-corrected chi connectivity index (χ3v) is 2.11. The summed E-state index contributed by atoms with van der Waals surface area (Å²) in [6.07, 6.45) is -0.149. The van der Waals surface area contributed by atoms with Gasteiger partial charge in [-0.15, -0.1) is 0 Å². The molecule has 0 spiro atoms. The SMILES string of the molecule is COCCC(O)c1c(F)cnc(C)c1F. The number of hydrogen-bond acceptors (Lipinski definition) is 3. The van der Waals surface area contributed by atoms with Crippen LogP contribution in [0.4, 0.5) is 8.78 Å². The van der Waals surface area contributed by atoms with Gasteiger partial charge in [-0.1, -0.05) is 0 Å². The predicted octanol–water partition coefficient (Wildman–Crippen LogP) is 1.74. The topological polar surface area (TPSA) is 42.4 Å². The summed E-state index contributed by atoms with van der Waals surface area (Å²) in [4.78, 5) is 3.51. The second-order valence-electron chi connectivity index (χ2n) is 3.22. The number of pyridine rings is 1. The number of methoxy groups -OCH3 is 1. The summed E-state index contributed by atoms with van der Waals surface area (Å²) >= 11 is 0. The Morgan fingerprint density at radius 3 is 2.80 bits per heavy atom. The second kappa shape index (κ2) is 5.14. The van der Waals surface area contributed by atoms with Gasteiger partial charge in [-0.3, -0.25) is 4.98 Å². The van der Waals surface area contributed by atoms with Gasteiger partial charge in [0.2, 0.25) is 0 Å². The minimum absolute atomic E-state index is 0.0721. The van der Waals surface area contributed by atoms with E-state index in [1.807, 2.05) is 0 Å². The number of aryl methyl sites for hydroxylation is 1. The maximum atomic E-state index is 13.4. The van der Waals surface area contributed by atoms with Crippen LogP contribution in [0.1, 0.15) is 23.8 Å². The molecule has 0 saturated heterocycles. The van der Waals surface area contributed by atoms with Crippen LogP contribution in [-0.2, 0) is 4.74 Å². The van der Waals surface area contributed by atoms with Crippen molar-refractivity contribution in [2.45, 2.75) is 19.4 Å². The number of halogens is 2. The maximum absolute atomic E-state index is 13.4. The van der Waals surface area contributed by atoms with E-state index in [9.17, 15) is 13.9 Å². The molecule has 0 bridgehead atoms. The van der Waals surface area contributed by atoms with Gasteiger partial charge in [-0.05, 0) is 6.92 Å². The number of aliphatic hydroxyl groups is 1. The van der Waals surface area contributed by atoms with Crippen molar-refractivity contribution in [1.82, 2.24) is 4.98 Å². The van der Waals surface area contributed by atoms with Crippen molar-refractivity contribution < 1.29 is 18.6 Å². The number of ether oxygens (including phenoxy) is 1. The Labute approximate surface area is 86.7 Å². The molecule has 0 saturated carbocycles. The number of rotatable bonds is 4. The molecule has 0 amide bonds. The summed E-state index contributed by atoms with van der Waals surface area (Å²) in [5, 5.41) is 9.55. The first-order valence-electron chi connectivity index (χ1n) is 4.55. The van der Waals surface area contributed by atoms with E-state index in [0.29, 0.717) is 0 Å². The lowest BCUT2D eigenvalue weighted by Gasteiger charge is -2.12. The monoisotopic (exact) mass is 217 g/mol. The summed E-state index contributed by atoms with van der Waals surface area (Å²) in [5.74, 6) is -1.62. The van der Waals surface area contributed by atoms with E-state index in [0.717, 1.165) is 6.20 Å². The van der Waals surface area contributed by atoms with Crippen molar-refractivity contribution in [3.63, 3.8) is 0 Å². The molecule has 1 heterocycles. The molecule has 1 aromatic heterocycles. The molecule has 0 aromatic carbocycles. The van der Waals surface area contributed by atoms with E-state index in [1.165, 1.54) is 14.0 Å². The van der Waals surface area contributed by atoms with E-state index in [1.54, 1.807) is 0 Å². The first-order chi connectivity index (χ1) is 7.07. The van der Waals surface area contributed by atoms with Gasteiger partial charge in [0.05, 0.1) is 23.6 Å². The molecular formula is C10H13F2NO2. The molecule has 0 aliphatic carbocycles. The molecule has 0 radical (unpaired) electrons. The number of aromatic nitrogens is 1. The van der Waals surface area contributed by atoms with Crippen molar-refractivity contribution in [2.24, 2.45) is 0 Å². The first-order valence-corrected chi connectivity index (χ1v) is 4.55. The summed E-state index contributed by atoms with van der Waals surface area (Å²) < 4.78 is 31.4. The normalized spacial score (nSPS) is 12.9. The van der Waals surface area contributed by atoms with Gasteiger partial charge in [0, 0.05) is 20.1 Å². The van der Waals surface area contributed by atoms with Gasteiger partial charge < -0.3 is 9.84 Å². The Morgan fingerprint density at radius 2 is 2.20 bits per heavy atom. The summed E-state index contributed by atoms with van der Waals surface area (Å²) in [7, 11) is 1.46. The van der Waals surface area contributed by atoms with Crippen LogP contribution in [0.3, 0.4) is 0 Å². The van der Waals surface area contributed by atoms with Crippen molar-refractivity contribution in [2.75, 3.05) is 13.7 Å². The van der Waals surface area contributed by atoms with Crippen LogP contribution in [-0.4, -0.2) is 23.8 Å². The highest BCUT2D eigenvalue weighted by atomic mass is 19.1. The van der Waals surface area contributed by atoms with Crippen molar-refractivity contribution in [3.8, 4) is 0 Å². The van der Waals surface area contributed by atoms with Crippen LogP contribution in [0.25, 0.3) is 0 Å². The highest BCUT2D eigenvalue weighted by Gasteiger charge is 2.19. The average molecular weight is 217 g/mol. The van der Waals surface area contributed by atoms with Gasteiger partial charge >= 0.3 is 0 Å². The van der Waals surface area contributed by atoms with E-state index in [4.69, 9.17) is 4.74 Å². The molecular weight excluding hydrogens is 204 g/mol. The lowest BCUT2D eigenvalue weighted by atomic mass is 10.1. The fourth-order valence-electron chi connectivity index (χ4n) is 1.26. The fraction of sp³-hybridized carbons (Fsp3) is 0.500. The van der Waals surface area contributed by atoms with Crippen LogP contribution in [0, 0.1) is 18.6 Å². The van der Waals surface area contributed by atoms with Crippen LogP contribution in [0.15, 0.2) is 6.20 Å². The lowest BCUT2D eigenvalue weighted by molar-refractivity contribution is 0.105. The molecule has 84 valence electrons. The van der Waals surface area contributed by atoms with E-state index < -0.39 is 17.7 Å². The van der Waals surface area contributed by atoms with Crippen LogP contribution < -0.4 is 0 Å². The minimum atomic E-state index is -1.20. The van der Waals surface area contributed by atoms with Gasteiger partial charge in [0.1, 0.15) is 5.82 Å². The fourth-order valence-corrected chi connectivity index (χ4v) is 1.26. The van der Waals surface area contributed by atoms with Crippen LogP contribution in [0.5, 0.6) is 0 Å². The van der Waals surface area contributed by atoms with Gasteiger partial charge in [-0.2, -0.15) is 0 Å². The third-order valence-electron chi connectivity index (χ3n) is 2.11. The van der Waals surface area contributed by atoms with Gasteiger partial charge in [0.15, 0.2) is 5.82 Å². The number of nitrogens with zero attached hydrogens (tertiary/aromatic N) is 1. The maximum Gasteiger partial charge on any atom is 0.153 e. The Bertz CT molecular complexity index is 344. The van der Waals surface area contributed by atoms with E-state index >= 15 is 0 Å². The molecule has 0 aliphatic heterocycles. The minimum Gasteiger partial charge on any atom is -0.388 e. The zero-order chi connectivity index (χ0) is 11.4. The number of hydrogen-bond donors (Lipinski definition) is 1. The van der Waals surface area contributed by atoms with Gasteiger partial charge in [0.25, 0.3) is 0 Å². The highest BCUT2D eigenvalue weighted by Crippen LogP contribution is 2.23. The molecule has 0 fully saturated rings. The largest absolute Gasteiger partial charge is 0.388 e. The zero-order valence-electron chi connectivity index (χ0n) is 8.63. The van der Waals surface area contributed by atoms with Crippen LogP contribution in [0.2, 0.25) is 0 Å². The number of aliphatic hydroxyl groups excluding tert-OH is 1. The van der Waals surface area contributed by atoms with Gasteiger partial charge in [-0.25, -0.2) is 8.78 Å². The van der Waals surface area contributed by atoms with Crippen molar-refractivity contribution in [3.05, 3.63) is 29.1 Å². The Morgan fingerprint density at radius 1 is 1.53 bits per heavy atom. The van der Waals surface area contributed by atoms with E-state index in [2.05, 4.69) is 4.98 Å². The Kier molecular flexibility index (Phi) is 4.11. The quantitative estimate of drug-likeness (QED) is 0.835. The summed E-state index contributed by atoms with van der Waals surface area (Å²) in [6.45, 7) is 1.66. The Balaban J connectivity index is 2.96. The van der Waals surface area contributed by atoms with E-state index in [-0.39, 0.29) is 24.3 Å². The summed E-state index contributed by atoms with van der Waals surface area (Å²) in [6, 6.07) is 0. The smallest absolute Gasteiger partial charge is 0.153 e. The summed E-state index contributed by atoms with van der Waals surface area (Å²) in [5.41, 5.74) is -0.262. The average Bonchev–Trinajstić information content (AvgIpc) is 2.21. The standard InChI is InChI=1S/C10H13F2NO2/c1-6-10(12)9(7(11)5-13-6)8(14)3-4-15-2/h5,8,14H,3-4H2,1-2H3. The lowest BCUT2D eigenvalue weighted by Crippen LogP contribution is -2.09. The molecule has 0 aliphatic rings. The molecule has 1 N–H and O–H groups in total. The third kappa shape index (κ3) is 2.70. The molecule has 1 aromatic rings. The molecule has 1 atom stereocenters. The second-order valence-corrected chi connectivity index (χ2v) is 3.22. The molecule has 1 rings (SSSR count). The van der Waals surface area contributed by atoms with Crippen molar-refractivity contribution >= 4 is 0 Å². The predicted molar refractivity (Wildman–Crippen MR) is 50.3 cm³/mol. The van der Waals surface area contributed by atoms with Crippen molar-refractivity contribution in [1.29, 1.82) is 0 Å².